The summed E-state index contributed by atoms with van der Waals surface area (Å²) < 4.78 is 18.9. The van der Waals surface area contributed by atoms with Crippen LogP contribution in [0.4, 0.5) is 4.39 Å². The van der Waals surface area contributed by atoms with Crippen LogP contribution in [0.5, 0.6) is 5.75 Å². The second kappa shape index (κ2) is 10.0. The highest BCUT2D eigenvalue weighted by Gasteiger charge is 2.24. The van der Waals surface area contributed by atoms with Crippen LogP contribution in [-0.2, 0) is 4.79 Å². The molecule has 7 heteroatoms. The summed E-state index contributed by atoms with van der Waals surface area (Å²) in [4.78, 5) is 39.5. The largest absolute Gasteiger partial charge is 0.494 e. The van der Waals surface area contributed by atoms with Gasteiger partial charge in [0.15, 0.2) is 5.78 Å². The highest BCUT2D eigenvalue weighted by molar-refractivity contribution is 5.94. The van der Waals surface area contributed by atoms with Gasteiger partial charge in [-0.25, -0.2) is 4.39 Å². The lowest BCUT2D eigenvalue weighted by Crippen LogP contribution is -2.50. The van der Waals surface area contributed by atoms with E-state index < -0.39 is 5.82 Å². The molecule has 2 aromatic carbocycles. The molecule has 0 radical (unpaired) electrons. The minimum absolute atomic E-state index is 0.00451. The molecule has 6 nitrogen and oxygen atoms in total. The van der Waals surface area contributed by atoms with E-state index in [1.165, 1.54) is 25.1 Å². The fourth-order valence-electron chi connectivity index (χ4n) is 3.32. The summed E-state index contributed by atoms with van der Waals surface area (Å²) in [6, 6.07) is 12.6. The van der Waals surface area contributed by atoms with Crippen molar-refractivity contribution in [3.8, 4) is 5.75 Å². The Hall–Kier alpha value is -3.22. The molecule has 0 unspecified atom stereocenters. The number of hydrogen-bond donors (Lipinski definition) is 0. The Morgan fingerprint density at radius 3 is 2.23 bits per heavy atom. The lowest BCUT2D eigenvalue weighted by molar-refractivity contribution is -0.132. The molecule has 1 heterocycles. The standard InChI is InChI=1S/C23H25FN2O4/c1-17(27)18-7-9-21(10-8-18)30-15-3-6-22(28)25-11-13-26(14-12-25)23(29)19-4-2-5-20(24)16-19/h2,4-5,7-10,16H,3,6,11-15H2,1H3. The van der Waals surface area contributed by atoms with Crippen molar-refractivity contribution < 1.29 is 23.5 Å². The smallest absolute Gasteiger partial charge is 0.254 e. The van der Waals surface area contributed by atoms with E-state index in [-0.39, 0.29) is 17.6 Å². The molecule has 158 valence electrons. The number of nitrogens with zero attached hydrogens (tertiary/aromatic N) is 2. The first-order valence-corrected chi connectivity index (χ1v) is 10.0. The number of carbonyl (C=O) groups excluding carboxylic acids is 3. The van der Waals surface area contributed by atoms with Gasteiger partial charge in [0.05, 0.1) is 6.61 Å². The summed E-state index contributed by atoms with van der Waals surface area (Å²) in [5.41, 5.74) is 0.954. The van der Waals surface area contributed by atoms with Crippen LogP contribution in [0.15, 0.2) is 48.5 Å². The van der Waals surface area contributed by atoms with Crippen LogP contribution < -0.4 is 4.74 Å². The molecule has 0 aliphatic carbocycles. The van der Waals surface area contributed by atoms with Gasteiger partial charge in [-0.2, -0.15) is 0 Å². The number of rotatable bonds is 7. The molecule has 2 amide bonds. The zero-order valence-electron chi connectivity index (χ0n) is 17.0. The minimum Gasteiger partial charge on any atom is -0.494 e. The average Bonchev–Trinajstić information content (AvgIpc) is 2.76. The van der Waals surface area contributed by atoms with Crippen molar-refractivity contribution in [2.75, 3.05) is 32.8 Å². The number of Topliss-reactive ketones (excluding diaryl/α,β-unsaturated/α-hetero) is 1. The Labute approximate surface area is 175 Å². The molecule has 0 spiro atoms. The molecular weight excluding hydrogens is 387 g/mol. The molecule has 0 N–H and O–H groups in total. The number of amides is 2. The third-order valence-electron chi connectivity index (χ3n) is 5.06. The fraction of sp³-hybridized carbons (Fsp3) is 0.348. The molecule has 30 heavy (non-hydrogen) atoms. The predicted octanol–water partition coefficient (Wildman–Crippen LogP) is 3.17. The van der Waals surface area contributed by atoms with Gasteiger partial charge in [0.2, 0.25) is 5.91 Å². The van der Waals surface area contributed by atoms with E-state index in [0.717, 1.165) is 0 Å². The van der Waals surface area contributed by atoms with E-state index >= 15 is 0 Å². The lowest BCUT2D eigenvalue weighted by atomic mass is 10.1. The van der Waals surface area contributed by atoms with Crippen molar-refractivity contribution >= 4 is 17.6 Å². The zero-order chi connectivity index (χ0) is 21.5. The van der Waals surface area contributed by atoms with Gasteiger partial charge in [0.1, 0.15) is 11.6 Å². The van der Waals surface area contributed by atoms with Gasteiger partial charge in [0, 0.05) is 43.7 Å². The van der Waals surface area contributed by atoms with Gasteiger partial charge < -0.3 is 14.5 Å². The monoisotopic (exact) mass is 412 g/mol. The van der Waals surface area contributed by atoms with E-state index in [1.807, 2.05) is 0 Å². The first kappa shape index (κ1) is 21.5. The Kier molecular flexibility index (Phi) is 7.17. The molecule has 0 bridgehead atoms. The Bertz CT molecular complexity index is 906. The summed E-state index contributed by atoms with van der Waals surface area (Å²) in [6.45, 7) is 3.71. The van der Waals surface area contributed by atoms with Gasteiger partial charge in [-0.15, -0.1) is 0 Å². The van der Waals surface area contributed by atoms with Gasteiger partial charge >= 0.3 is 0 Å². The highest BCUT2D eigenvalue weighted by Crippen LogP contribution is 2.14. The maximum absolute atomic E-state index is 13.3. The zero-order valence-corrected chi connectivity index (χ0v) is 17.0. The summed E-state index contributed by atoms with van der Waals surface area (Å²) in [5, 5.41) is 0. The van der Waals surface area contributed by atoms with E-state index in [0.29, 0.717) is 62.5 Å². The number of carbonyl (C=O) groups is 3. The molecule has 1 aliphatic heterocycles. The third kappa shape index (κ3) is 5.65. The predicted molar refractivity (Wildman–Crippen MR) is 110 cm³/mol. The second-order valence-corrected chi connectivity index (χ2v) is 7.22. The Morgan fingerprint density at radius 1 is 0.933 bits per heavy atom. The maximum Gasteiger partial charge on any atom is 0.254 e. The van der Waals surface area contributed by atoms with Gasteiger partial charge in [-0.1, -0.05) is 6.07 Å². The molecule has 0 aromatic heterocycles. The molecular formula is C23H25FN2O4. The summed E-state index contributed by atoms with van der Waals surface area (Å²) in [5.74, 6) is 0.0441. The van der Waals surface area contributed by atoms with Crippen LogP contribution in [0.25, 0.3) is 0 Å². The minimum atomic E-state index is -0.438. The SMILES string of the molecule is CC(=O)c1ccc(OCCCC(=O)N2CCN(C(=O)c3cccc(F)c3)CC2)cc1. The molecule has 1 saturated heterocycles. The van der Waals surface area contributed by atoms with Crippen molar-refractivity contribution in [2.24, 2.45) is 0 Å². The first-order chi connectivity index (χ1) is 14.4. The van der Waals surface area contributed by atoms with Gasteiger partial charge in [-0.3, -0.25) is 14.4 Å². The summed E-state index contributed by atoms with van der Waals surface area (Å²) >= 11 is 0. The number of hydrogen-bond acceptors (Lipinski definition) is 4. The summed E-state index contributed by atoms with van der Waals surface area (Å²) in [7, 11) is 0. The topological polar surface area (TPSA) is 66.9 Å². The van der Waals surface area contributed by atoms with Crippen LogP contribution in [0, 0.1) is 5.82 Å². The first-order valence-electron chi connectivity index (χ1n) is 10.0. The molecule has 0 saturated carbocycles. The molecule has 3 rings (SSSR count). The molecule has 1 aliphatic rings. The van der Waals surface area contributed by atoms with Crippen molar-refractivity contribution in [1.82, 2.24) is 9.80 Å². The van der Waals surface area contributed by atoms with Crippen LogP contribution >= 0.6 is 0 Å². The van der Waals surface area contributed by atoms with E-state index in [4.69, 9.17) is 4.74 Å². The Morgan fingerprint density at radius 2 is 1.60 bits per heavy atom. The van der Waals surface area contributed by atoms with Crippen molar-refractivity contribution in [3.05, 3.63) is 65.5 Å². The van der Waals surface area contributed by atoms with E-state index in [9.17, 15) is 18.8 Å². The van der Waals surface area contributed by atoms with Crippen molar-refractivity contribution in [1.29, 1.82) is 0 Å². The van der Waals surface area contributed by atoms with Gasteiger partial charge in [-0.05, 0) is 55.8 Å². The average molecular weight is 412 g/mol. The van der Waals surface area contributed by atoms with Crippen molar-refractivity contribution in [3.63, 3.8) is 0 Å². The lowest BCUT2D eigenvalue weighted by Gasteiger charge is -2.35. The highest BCUT2D eigenvalue weighted by atomic mass is 19.1. The fourth-order valence-corrected chi connectivity index (χ4v) is 3.32. The molecule has 1 fully saturated rings. The van der Waals surface area contributed by atoms with Crippen LogP contribution in [-0.4, -0.2) is 60.2 Å². The van der Waals surface area contributed by atoms with Crippen molar-refractivity contribution in [2.45, 2.75) is 19.8 Å². The Balaban J connectivity index is 1.38. The number of ether oxygens (including phenoxy) is 1. The summed E-state index contributed by atoms with van der Waals surface area (Å²) in [6.07, 6.45) is 0.944. The molecule has 2 aromatic rings. The van der Waals surface area contributed by atoms with Crippen LogP contribution in [0.2, 0.25) is 0 Å². The maximum atomic E-state index is 13.3. The van der Waals surface area contributed by atoms with E-state index in [2.05, 4.69) is 0 Å². The third-order valence-corrected chi connectivity index (χ3v) is 5.06. The quantitative estimate of drug-likeness (QED) is 0.518. The number of benzene rings is 2. The van der Waals surface area contributed by atoms with Crippen LogP contribution in [0.3, 0.4) is 0 Å². The second-order valence-electron chi connectivity index (χ2n) is 7.22. The number of piperazine rings is 1. The van der Waals surface area contributed by atoms with Gasteiger partial charge in [0.25, 0.3) is 5.91 Å². The normalized spacial score (nSPS) is 13.8. The van der Waals surface area contributed by atoms with Crippen LogP contribution in [0.1, 0.15) is 40.5 Å². The number of ketones is 1. The number of halogens is 1. The molecule has 0 atom stereocenters. The van der Waals surface area contributed by atoms with E-state index in [1.54, 1.807) is 40.1 Å².